The molecule has 0 radical (unpaired) electrons. The number of fused-ring (bicyclic) bond motifs is 2. The molecule has 2 aliphatic rings. The van der Waals surface area contributed by atoms with Crippen molar-refractivity contribution in [2.45, 2.75) is 122 Å². The van der Waals surface area contributed by atoms with Crippen molar-refractivity contribution >= 4 is 45.3 Å². The van der Waals surface area contributed by atoms with Gasteiger partial charge in [0.15, 0.2) is 0 Å². The Hall–Kier alpha value is -4.66. The third-order valence-corrected chi connectivity index (χ3v) is 12.5. The van der Waals surface area contributed by atoms with Crippen LogP contribution in [0.4, 0.5) is 8.78 Å². The number of amides is 3. The van der Waals surface area contributed by atoms with E-state index in [0.29, 0.717) is 58.9 Å². The first kappa shape index (κ1) is 42.9. The van der Waals surface area contributed by atoms with Crippen molar-refractivity contribution in [2.75, 3.05) is 20.1 Å². The number of Topliss-reactive ketones (excluding diaryl/α,β-unsaturated/α-hetero) is 1. The van der Waals surface area contributed by atoms with Crippen LogP contribution in [-0.2, 0) is 32.0 Å². The second-order valence-corrected chi connectivity index (χ2v) is 16.4. The molecule has 2 fully saturated rings. The Morgan fingerprint density at radius 1 is 0.776 bits per heavy atom. The molecule has 14 heteroatoms. The average molecular weight is 805 g/mol. The topological polar surface area (TPSA) is 171 Å². The fourth-order valence-corrected chi connectivity index (χ4v) is 8.75. The number of aromatic nitrogens is 2. The highest BCUT2D eigenvalue weighted by atomic mass is 19.1. The van der Waals surface area contributed by atoms with E-state index in [-0.39, 0.29) is 68.2 Å². The minimum atomic E-state index is -0.796. The first-order valence-corrected chi connectivity index (χ1v) is 20.8. The summed E-state index contributed by atoms with van der Waals surface area (Å²) in [5.74, 6) is -2.51. The highest BCUT2D eigenvalue weighted by Crippen LogP contribution is 2.40. The van der Waals surface area contributed by atoms with Crippen molar-refractivity contribution in [3.63, 3.8) is 0 Å². The number of benzene rings is 2. The first-order chi connectivity index (χ1) is 27.7. The van der Waals surface area contributed by atoms with Gasteiger partial charge in [0.25, 0.3) is 0 Å². The Bertz CT molecular complexity index is 2000. The van der Waals surface area contributed by atoms with Gasteiger partial charge in [-0.1, -0.05) is 27.7 Å². The number of carbonyl (C=O) groups excluding carboxylic acids is 4. The van der Waals surface area contributed by atoms with Crippen LogP contribution in [0.2, 0.25) is 0 Å². The Morgan fingerprint density at radius 2 is 1.28 bits per heavy atom. The van der Waals surface area contributed by atoms with Gasteiger partial charge in [-0.15, -0.1) is 0 Å². The molecule has 6 N–H and O–H groups in total. The summed E-state index contributed by atoms with van der Waals surface area (Å²) < 4.78 is 29.6. The molecule has 314 valence electrons. The van der Waals surface area contributed by atoms with Gasteiger partial charge in [-0.3, -0.25) is 19.2 Å². The molecule has 2 saturated heterocycles. The zero-order valence-electron chi connectivity index (χ0n) is 34.3. The van der Waals surface area contributed by atoms with Crippen LogP contribution in [0.25, 0.3) is 33.2 Å². The van der Waals surface area contributed by atoms with Crippen LogP contribution in [0, 0.1) is 23.5 Å². The number of aliphatic hydroxyl groups is 2. The highest BCUT2D eigenvalue weighted by molar-refractivity contribution is 5.97. The Morgan fingerprint density at radius 3 is 1.72 bits per heavy atom. The van der Waals surface area contributed by atoms with Crippen LogP contribution in [0.1, 0.15) is 84.3 Å². The summed E-state index contributed by atoms with van der Waals surface area (Å²) in [6, 6.07) is 6.78. The summed E-state index contributed by atoms with van der Waals surface area (Å²) >= 11 is 0. The van der Waals surface area contributed by atoms with Crippen LogP contribution in [0.3, 0.4) is 0 Å². The normalized spacial score (nSPS) is 21.8. The SMILES string of the molecule is CC[C@@H](CC(=O)[C@@H](C)NC)C(=O)N1C[C@H](O)C[C@@H]1Cc1c(-c2[nH]c3cc(F)ccc3c2C[C@H]2C[C@@H](O)CN2C(=O)[C@@H](CC)NC(=O)[C@@H](C)CC)[nH]c2cc(F)ccc12. The minimum absolute atomic E-state index is 0.0705. The number of ketones is 1. The Labute approximate surface area is 338 Å². The molecular formula is C44H58F2N6O6. The van der Waals surface area contributed by atoms with E-state index in [4.69, 9.17) is 0 Å². The van der Waals surface area contributed by atoms with Crippen molar-refractivity contribution in [1.82, 2.24) is 30.4 Å². The third-order valence-electron chi connectivity index (χ3n) is 12.5. The molecule has 0 spiro atoms. The lowest BCUT2D eigenvalue weighted by Crippen LogP contribution is -2.51. The van der Waals surface area contributed by atoms with E-state index >= 15 is 0 Å². The van der Waals surface area contributed by atoms with E-state index in [9.17, 15) is 38.2 Å². The van der Waals surface area contributed by atoms with Crippen molar-refractivity contribution in [1.29, 1.82) is 0 Å². The van der Waals surface area contributed by atoms with E-state index in [0.717, 1.165) is 11.1 Å². The summed E-state index contributed by atoms with van der Waals surface area (Å²) in [5.41, 5.74) is 3.70. The molecule has 2 aromatic carbocycles. The molecule has 0 unspecified atom stereocenters. The molecule has 3 amide bonds. The van der Waals surface area contributed by atoms with E-state index in [2.05, 4.69) is 20.6 Å². The number of likely N-dealkylation sites (N-methyl/N-ethyl adjacent to an activating group) is 1. The molecule has 58 heavy (non-hydrogen) atoms. The number of likely N-dealkylation sites (tertiary alicyclic amines) is 2. The maximum atomic E-state index is 14.8. The molecule has 0 saturated carbocycles. The molecule has 2 aromatic heterocycles. The van der Waals surface area contributed by atoms with Gasteiger partial charge in [0.2, 0.25) is 17.7 Å². The predicted molar refractivity (Wildman–Crippen MR) is 219 cm³/mol. The van der Waals surface area contributed by atoms with Gasteiger partial charge in [0, 0.05) is 65.2 Å². The second kappa shape index (κ2) is 18.1. The van der Waals surface area contributed by atoms with E-state index in [1.807, 2.05) is 27.7 Å². The molecule has 0 aliphatic carbocycles. The summed E-state index contributed by atoms with van der Waals surface area (Å²) in [7, 11) is 1.70. The van der Waals surface area contributed by atoms with Gasteiger partial charge in [0.05, 0.1) is 29.6 Å². The molecule has 12 nitrogen and oxygen atoms in total. The van der Waals surface area contributed by atoms with Crippen LogP contribution in [0.15, 0.2) is 36.4 Å². The number of rotatable bonds is 16. The summed E-state index contributed by atoms with van der Waals surface area (Å²) in [6.07, 6.45) is 1.07. The average Bonchev–Trinajstić information content (AvgIpc) is 3.96. The Balaban J connectivity index is 1.40. The van der Waals surface area contributed by atoms with Crippen molar-refractivity contribution in [3.8, 4) is 11.4 Å². The third kappa shape index (κ3) is 8.84. The lowest BCUT2D eigenvalue weighted by atomic mass is 9.93. The van der Waals surface area contributed by atoms with Gasteiger partial charge < -0.3 is 40.6 Å². The lowest BCUT2D eigenvalue weighted by Gasteiger charge is -2.30. The smallest absolute Gasteiger partial charge is 0.245 e. The quantitative estimate of drug-likeness (QED) is 0.0912. The summed E-state index contributed by atoms with van der Waals surface area (Å²) in [6.45, 7) is 9.39. The molecule has 2 aliphatic heterocycles. The molecule has 4 aromatic rings. The Kier molecular flexibility index (Phi) is 13.4. The van der Waals surface area contributed by atoms with Crippen LogP contribution in [0.5, 0.6) is 0 Å². The minimum Gasteiger partial charge on any atom is -0.391 e. The number of hydrogen-bond acceptors (Lipinski definition) is 7. The fourth-order valence-electron chi connectivity index (χ4n) is 8.75. The number of nitrogens with zero attached hydrogens (tertiary/aromatic N) is 2. The number of aromatic amines is 2. The molecule has 4 heterocycles. The number of β-amino-alcohol motifs (C(OH)–C–C–N with tert-alkyl or cyclic N) is 2. The maximum Gasteiger partial charge on any atom is 0.245 e. The number of hydrogen-bond donors (Lipinski definition) is 6. The molecule has 0 bridgehead atoms. The van der Waals surface area contributed by atoms with Crippen LogP contribution < -0.4 is 10.6 Å². The van der Waals surface area contributed by atoms with Gasteiger partial charge in [-0.05, 0) is 106 Å². The van der Waals surface area contributed by atoms with Crippen LogP contribution >= 0.6 is 0 Å². The molecule has 8 atom stereocenters. The fraction of sp³-hybridized carbons (Fsp3) is 0.545. The number of nitrogens with one attached hydrogen (secondary N) is 4. The maximum absolute atomic E-state index is 14.8. The standard InChI is InChI=1S/C44H58F2N6O6/c1-7-23(4)42(56)50-36(9-3)44(58)52-22-31(54)18-29(52)20-35-33-13-11-27(46)16-38(33)49-41(35)40-34(32-12-10-26(45)15-37(32)48-40)19-28-17-30(53)21-51(28)43(57)25(8-2)14-39(55)24(5)47-6/h10-13,15-16,23-25,28-31,36,47-49,53-54H,7-9,14,17-22H2,1-6H3,(H,50,56)/t23-,24+,25-,28+,29+,30+,31+,36+/m0/s1. The largest absolute Gasteiger partial charge is 0.391 e. The first-order valence-electron chi connectivity index (χ1n) is 20.8. The summed E-state index contributed by atoms with van der Waals surface area (Å²) in [5, 5.41) is 29.2. The molecule has 6 rings (SSSR count). The van der Waals surface area contributed by atoms with E-state index < -0.39 is 53.9 Å². The summed E-state index contributed by atoms with van der Waals surface area (Å²) in [4.78, 5) is 64.1. The van der Waals surface area contributed by atoms with Crippen molar-refractivity contribution < 1.29 is 38.2 Å². The molecular weight excluding hydrogens is 747 g/mol. The van der Waals surface area contributed by atoms with Crippen LogP contribution in [-0.4, -0.2) is 110 Å². The van der Waals surface area contributed by atoms with E-state index in [1.54, 1.807) is 35.9 Å². The number of carbonyl (C=O) groups is 4. The lowest BCUT2D eigenvalue weighted by molar-refractivity contribution is -0.139. The van der Waals surface area contributed by atoms with E-state index in [1.165, 1.54) is 24.3 Å². The van der Waals surface area contributed by atoms with Gasteiger partial charge in [-0.2, -0.15) is 0 Å². The zero-order valence-corrected chi connectivity index (χ0v) is 34.3. The second-order valence-electron chi connectivity index (χ2n) is 16.4. The number of H-pyrrole nitrogens is 2. The van der Waals surface area contributed by atoms with Gasteiger partial charge in [0.1, 0.15) is 23.5 Å². The zero-order chi connectivity index (χ0) is 42.0. The van der Waals surface area contributed by atoms with Crippen molar-refractivity contribution in [2.24, 2.45) is 11.8 Å². The number of halogens is 2. The number of aliphatic hydroxyl groups excluding tert-OH is 2. The monoisotopic (exact) mass is 804 g/mol. The predicted octanol–water partition coefficient (Wildman–Crippen LogP) is 5.14. The van der Waals surface area contributed by atoms with Crippen molar-refractivity contribution in [3.05, 3.63) is 59.2 Å². The van der Waals surface area contributed by atoms with Gasteiger partial charge >= 0.3 is 0 Å². The van der Waals surface area contributed by atoms with Gasteiger partial charge in [-0.25, -0.2) is 8.78 Å². The highest BCUT2D eigenvalue weighted by Gasteiger charge is 2.41.